The average molecular weight is 202 g/mol. The molecule has 2 rings (SSSR count). The van der Waals surface area contributed by atoms with Crippen LogP contribution in [0.5, 0.6) is 0 Å². The summed E-state index contributed by atoms with van der Waals surface area (Å²) in [5, 5.41) is 0. The number of rotatable bonds is 2. The normalized spacial score (nSPS) is 24.9. The number of benzene rings is 1. The van der Waals surface area contributed by atoms with Gasteiger partial charge in [-0.15, -0.1) is 0 Å². The van der Waals surface area contributed by atoms with E-state index in [-0.39, 0.29) is 5.97 Å². The number of hydrogen-bond donors (Lipinski definition) is 0. The Morgan fingerprint density at radius 3 is 2.47 bits per heavy atom. The van der Waals surface area contributed by atoms with Gasteiger partial charge in [-0.3, -0.25) is 4.79 Å². The summed E-state index contributed by atoms with van der Waals surface area (Å²) in [4.78, 5) is 11.6. The van der Waals surface area contributed by atoms with E-state index >= 15 is 0 Å². The van der Waals surface area contributed by atoms with E-state index in [1.54, 1.807) is 0 Å². The summed E-state index contributed by atoms with van der Waals surface area (Å²) in [6.45, 7) is 3.90. The molecule has 2 nitrogen and oxygen atoms in total. The van der Waals surface area contributed by atoms with Crippen molar-refractivity contribution >= 4 is 11.7 Å². The fourth-order valence-electron chi connectivity index (χ4n) is 1.59. The van der Waals surface area contributed by atoms with Crippen LogP contribution in [-0.4, -0.2) is 5.97 Å². The first-order valence-corrected chi connectivity index (χ1v) is 5.16. The first kappa shape index (κ1) is 9.97. The molecule has 0 saturated heterocycles. The monoisotopic (exact) mass is 202 g/mol. The van der Waals surface area contributed by atoms with Crippen LogP contribution in [0.15, 0.2) is 36.4 Å². The molecule has 2 heteroatoms. The van der Waals surface area contributed by atoms with E-state index in [0.717, 1.165) is 12.0 Å². The zero-order valence-electron chi connectivity index (χ0n) is 8.99. The summed E-state index contributed by atoms with van der Waals surface area (Å²) in [7, 11) is 0. The topological polar surface area (TPSA) is 26.3 Å². The van der Waals surface area contributed by atoms with Crippen LogP contribution in [0.25, 0.3) is 5.76 Å². The maximum Gasteiger partial charge on any atom is 0.321 e. The number of ether oxygens (including phenoxy) is 1. The van der Waals surface area contributed by atoms with Gasteiger partial charge in [0.15, 0.2) is 0 Å². The average Bonchev–Trinajstić information content (AvgIpc) is 2.58. The van der Waals surface area contributed by atoms with Gasteiger partial charge in [0.25, 0.3) is 0 Å². The van der Waals surface area contributed by atoms with E-state index in [2.05, 4.69) is 0 Å². The Morgan fingerprint density at radius 1 is 1.27 bits per heavy atom. The third kappa shape index (κ3) is 1.67. The first-order chi connectivity index (χ1) is 7.15. The predicted molar refractivity (Wildman–Crippen MR) is 58.9 cm³/mol. The van der Waals surface area contributed by atoms with Crippen molar-refractivity contribution in [2.24, 2.45) is 5.41 Å². The van der Waals surface area contributed by atoms with Crippen molar-refractivity contribution in [3.63, 3.8) is 0 Å². The van der Waals surface area contributed by atoms with Crippen molar-refractivity contribution in [2.75, 3.05) is 0 Å². The zero-order valence-corrected chi connectivity index (χ0v) is 8.99. The van der Waals surface area contributed by atoms with Crippen LogP contribution in [0.4, 0.5) is 0 Å². The van der Waals surface area contributed by atoms with Crippen LogP contribution < -0.4 is 0 Å². The van der Waals surface area contributed by atoms with E-state index in [1.807, 2.05) is 50.3 Å². The lowest BCUT2D eigenvalue weighted by molar-refractivity contribution is -0.142. The van der Waals surface area contributed by atoms with Crippen molar-refractivity contribution in [1.82, 2.24) is 0 Å². The fourth-order valence-corrected chi connectivity index (χ4v) is 1.59. The summed E-state index contributed by atoms with van der Waals surface area (Å²) in [6, 6.07) is 9.71. The van der Waals surface area contributed by atoms with E-state index in [9.17, 15) is 4.79 Å². The number of cyclic esters (lactones) is 1. The highest BCUT2D eigenvalue weighted by atomic mass is 16.5. The van der Waals surface area contributed by atoms with Crippen molar-refractivity contribution < 1.29 is 9.53 Å². The van der Waals surface area contributed by atoms with Gasteiger partial charge in [0.1, 0.15) is 5.76 Å². The van der Waals surface area contributed by atoms with Crippen LogP contribution in [0.1, 0.15) is 25.8 Å². The zero-order chi connectivity index (χ0) is 10.9. The van der Waals surface area contributed by atoms with Gasteiger partial charge in [0.05, 0.1) is 5.41 Å². The summed E-state index contributed by atoms with van der Waals surface area (Å²) in [6.07, 6.45) is 2.69. The molecule has 0 aromatic heterocycles. The molecule has 0 bridgehead atoms. The lowest BCUT2D eigenvalue weighted by Gasteiger charge is -2.12. The Morgan fingerprint density at radius 2 is 1.93 bits per heavy atom. The van der Waals surface area contributed by atoms with Crippen molar-refractivity contribution in [3.8, 4) is 0 Å². The van der Waals surface area contributed by atoms with Crippen LogP contribution in [-0.2, 0) is 9.53 Å². The highest BCUT2D eigenvalue weighted by Gasteiger charge is 2.38. The van der Waals surface area contributed by atoms with Gasteiger partial charge in [-0.05, 0) is 19.4 Å². The van der Waals surface area contributed by atoms with Crippen LogP contribution in [0, 0.1) is 5.41 Å². The van der Waals surface area contributed by atoms with Crippen LogP contribution in [0.3, 0.4) is 0 Å². The molecular weight excluding hydrogens is 188 g/mol. The SMILES string of the molecule is CC[C@]1(C)C=C(c2ccccc2)OC1=O. The Hall–Kier alpha value is -1.57. The highest BCUT2D eigenvalue weighted by Crippen LogP contribution is 2.37. The number of esters is 1. The summed E-state index contributed by atoms with van der Waals surface area (Å²) >= 11 is 0. The third-order valence-electron chi connectivity index (χ3n) is 2.91. The molecule has 0 amide bonds. The Bertz CT molecular complexity index is 406. The standard InChI is InChI=1S/C13H14O2/c1-3-13(2)9-11(15-12(13)14)10-7-5-4-6-8-10/h4-9H,3H2,1-2H3/t13-/m1/s1. The number of carbonyl (C=O) groups is 1. The van der Waals surface area contributed by atoms with Crippen molar-refractivity contribution in [1.29, 1.82) is 0 Å². The van der Waals surface area contributed by atoms with Crippen LogP contribution in [0.2, 0.25) is 0 Å². The van der Waals surface area contributed by atoms with Gasteiger partial charge in [-0.2, -0.15) is 0 Å². The highest BCUT2D eigenvalue weighted by molar-refractivity contribution is 5.90. The number of hydrogen-bond acceptors (Lipinski definition) is 2. The molecule has 0 aliphatic carbocycles. The quantitative estimate of drug-likeness (QED) is 0.689. The molecule has 78 valence electrons. The Labute approximate surface area is 89.6 Å². The molecule has 0 N–H and O–H groups in total. The minimum absolute atomic E-state index is 0.149. The molecule has 1 aromatic carbocycles. The molecule has 1 aromatic rings. The second-order valence-electron chi connectivity index (χ2n) is 4.04. The minimum atomic E-state index is -0.453. The second-order valence-corrected chi connectivity index (χ2v) is 4.04. The van der Waals surface area contributed by atoms with Gasteiger partial charge in [0.2, 0.25) is 0 Å². The largest absolute Gasteiger partial charge is 0.426 e. The van der Waals surface area contributed by atoms with Gasteiger partial charge < -0.3 is 4.74 Å². The summed E-state index contributed by atoms with van der Waals surface area (Å²) in [5.74, 6) is 0.536. The number of carbonyl (C=O) groups excluding carboxylic acids is 1. The maximum absolute atomic E-state index is 11.6. The molecule has 15 heavy (non-hydrogen) atoms. The van der Waals surface area contributed by atoms with Gasteiger partial charge in [-0.25, -0.2) is 0 Å². The summed E-state index contributed by atoms with van der Waals surface area (Å²) < 4.78 is 5.28. The van der Waals surface area contributed by atoms with Crippen LogP contribution >= 0.6 is 0 Å². The molecule has 0 unspecified atom stereocenters. The van der Waals surface area contributed by atoms with Gasteiger partial charge in [0, 0.05) is 5.56 Å². The van der Waals surface area contributed by atoms with E-state index < -0.39 is 5.41 Å². The van der Waals surface area contributed by atoms with E-state index in [0.29, 0.717) is 5.76 Å². The molecule has 0 saturated carbocycles. The minimum Gasteiger partial charge on any atom is -0.426 e. The van der Waals surface area contributed by atoms with Gasteiger partial charge >= 0.3 is 5.97 Å². The maximum atomic E-state index is 11.6. The first-order valence-electron chi connectivity index (χ1n) is 5.16. The van der Waals surface area contributed by atoms with Gasteiger partial charge in [-0.1, -0.05) is 37.3 Å². The summed E-state index contributed by atoms with van der Waals surface area (Å²) in [5.41, 5.74) is 0.508. The Kier molecular flexibility index (Phi) is 2.35. The Balaban J connectivity index is 2.35. The van der Waals surface area contributed by atoms with E-state index in [1.165, 1.54) is 0 Å². The van der Waals surface area contributed by atoms with Crippen molar-refractivity contribution in [2.45, 2.75) is 20.3 Å². The lowest BCUT2D eigenvalue weighted by Crippen LogP contribution is -2.20. The fraction of sp³-hybridized carbons (Fsp3) is 0.308. The molecule has 1 aliphatic heterocycles. The van der Waals surface area contributed by atoms with Crippen molar-refractivity contribution in [3.05, 3.63) is 42.0 Å². The third-order valence-corrected chi connectivity index (χ3v) is 2.91. The molecule has 1 atom stereocenters. The molecular formula is C13H14O2. The molecule has 0 spiro atoms. The molecule has 1 aliphatic rings. The smallest absolute Gasteiger partial charge is 0.321 e. The second kappa shape index (κ2) is 3.54. The predicted octanol–water partition coefficient (Wildman–Crippen LogP) is 3.00. The lowest BCUT2D eigenvalue weighted by atomic mass is 9.88. The molecule has 0 fully saturated rings. The molecule has 0 radical (unpaired) electrons. The van der Waals surface area contributed by atoms with E-state index in [4.69, 9.17) is 4.74 Å². The molecule has 1 heterocycles.